The number of amides is 1. The van der Waals surface area contributed by atoms with Crippen LogP contribution in [0.15, 0.2) is 72.8 Å². The molecule has 2 fully saturated rings. The predicted octanol–water partition coefficient (Wildman–Crippen LogP) is 4.28. The number of nitrogens with zero attached hydrogens (tertiary/aromatic N) is 5. The summed E-state index contributed by atoms with van der Waals surface area (Å²) in [5.74, 6) is 1.03. The number of benzene rings is 2. The number of hydrogen-bond donors (Lipinski definition) is 0. The van der Waals surface area contributed by atoms with Crippen molar-refractivity contribution in [3.8, 4) is 0 Å². The van der Waals surface area contributed by atoms with Gasteiger partial charge in [-0.15, -0.1) is 5.10 Å². The lowest BCUT2D eigenvalue weighted by Gasteiger charge is -2.17. The minimum atomic E-state index is -0.314. The summed E-state index contributed by atoms with van der Waals surface area (Å²) in [7, 11) is 0. The average Bonchev–Trinajstić information content (AvgIpc) is 3.23. The van der Waals surface area contributed by atoms with Crippen molar-refractivity contribution in [3.05, 3.63) is 89.8 Å². The minimum absolute atomic E-state index is 0.00326. The molecule has 9 nitrogen and oxygen atoms in total. The number of aromatic nitrogens is 4. The van der Waals surface area contributed by atoms with Gasteiger partial charge in [-0.25, -0.2) is 9.48 Å². The SMILES string of the molecule is C[C@H](COCc1ccccc1)c1nnnn1CCOC(=O)N1CCC2(CC2/C=C/C(=O)c2ccccc2)C1. The van der Waals surface area contributed by atoms with Gasteiger partial charge >= 0.3 is 6.09 Å². The Bertz CT molecular complexity index is 1260. The van der Waals surface area contributed by atoms with E-state index in [4.69, 9.17) is 9.47 Å². The highest BCUT2D eigenvalue weighted by Gasteiger charge is 2.57. The first kappa shape index (κ1) is 25.8. The van der Waals surface area contributed by atoms with Crippen LogP contribution in [0.25, 0.3) is 0 Å². The Morgan fingerprint density at radius 3 is 2.68 bits per heavy atom. The van der Waals surface area contributed by atoms with Gasteiger partial charge in [0.1, 0.15) is 6.61 Å². The molecule has 5 rings (SSSR count). The van der Waals surface area contributed by atoms with E-state index in [1.54, 1.807) is 15.7 Å². The number of ketones is 1. The second-order valence-corrected chi connectivity index (χ2v) is 10.2. The Morgan fingerprint density at radius 2 is 1.89 bits per heavy atom. The van der Waals surface area contributed by atoms with Crippen LogP contribution < -0.4 is 0 Å². The third-order valence-corrected chi connectivity index (χ3v) is 7.44. The zero-order valence-corrected chi connectivity index (χ0v) is 21.6. The highest BCUT2D eigenvalue weighted by Crippen LogP contribution is 2.59. The van der Waals surface area contributed by atoms with Gasteiger partial charge in [0.2, 0.25) is 0 Å². The van der Waals surface area contributed by atoms with Crippen LogP contribution in [-0.4, -0.2) is 63.3 Å². The molecule has 1 amide bonds. The number of tetrazole rings is 1. The number of ether oxygens (including phenoxy) is 2. The number of hydrogen-bond acceptors (Lipinski definition) is 7. The van der Waals surface area contributed by atoms with E-state index in [0.717, 1.165) is 18.4 Å². The van der Waals surface area contributed by atoms with Crippen molar-refractivity contribution in [1.82, 2.24) is 25.1 Å². The van der Waals surface area contributed by atoms with Gasteiger partial charge in [0, 0.05) is 24.6 Å². The van der Waals surface area contributed by atoms with Gasteiger partial charge in [-0.3, -0.25) is 4.79 Å². The molecule has 9 heteroatoms. The van der Waals surface area contributed by atoms with E-state index in [0.29, 0.717) is 50.2 Å². The molecule has 1 saturated heterocycles. The van der Waals surface area contributed by atoms with Crippen LogP contribution in [0.5, 0.6) is 0 Å². The second-order valence-electron chi connectivity index (χ2n) is 10.2. The molecule has 1 aliphatic heterocycles. The molecule has 0 N–H and O–H groups in total. The lowest BCUT2D eigenvalue weighted by Crippen LogP contribution is -2.31. The van der Waals surface area contributed by atoms with Crippen LogP contribution in [-0.2, 0) is 22.6 Å². The molecule has 3 atom stereocenters. The molecular weight excluding hydrogens is 482 g/mol. The number of rotatable bonds is 11. The van der Waals surface area contributed by atoms with Crippen molar-refractivity contribution in [1.29, 1.82) is 0 Å². The number of allylic oxidation sites excluding steroid dienone is 2. The molecule has 198 valence electrons. The largest absolute Gasteiger partial charge is 0.447 e. The fourth-order valence-electron chi connectivity index (χ4n) is 5.11. The van der Waals surface area contributed by atoms with E-state index in [1.165, 1.54) is 0 Å². The topological polar surface area (TPSA) is 99.4 Å². The monoisotopic (exact) mass is 515 g/mol. The van der Waals surface area contributed by atoms with Gasteiger partial charge in [0.15, 0.2) is 11.6 Å². The van der Waals surface area contributed by atoms with E-state index in [1.807, 2.05) is 73.7 Å². The van der Waals surface area contributed by atoms with Crippen LogP contribution in [0.4, 0.5) is 4.79 Å². The first-order valence-corrected chi connectivity index (χ1v) is 13.1. The number of carbonyl (C=O) groups excluding carboxylic acids is 2. The summed E-state index contributed by atoms with van der Waals surface area (Å²) in [6, 6.07) is 19.3. The van der Waals surface area contributed by atoms with E-state index in [9.17, 15) is 9.59 Å². The summed E-state index contributed by atoms with van der Waals surface area (Å²) in [4.78, 5) is 26.8. The molecule has 2 aliphatic rings. The summed E-state index contributed by atoms with van der Waals surface area (Å²) in [5, 5.41) is 12.0. The Balaban J connectivity index is 1.04. The first-order valence-electron chi connectivity index (χ1n) is 13.1. The highest BCUT2D eigenvalue weighted by molar-refractivity contribution is 6.04. The summed E-state index contributed by atoms with van der Waals surface area (Å²) in [5.41, 5.74) is 1.88. The third-order valence-electron chi connectivity index (χ3n) is 7.44. The maximum Gasteiger partial charge on any atom is 0.409 e. The fraction of sp³-hybridized carbons (Fsp3) is 0.414. The Labute approximate surface area is 222 Å². The first-order chi connectivity index (χ1) is 18.5. The smallest absolute Gasteiger partial charge is 0.409 e. The predicted molar refractivity (Wildman–Crippen MR) is 140 cm³/mol. The van der Waals surface area contributed by atoms with Gasteiger partial charge in [-0.05, 0) is 46.2 Å². The number of carbonyl (C=O) groups is 2. The minimum Gasteiger partial charge on any atom is -0.447 e. The van der Waals surface area contributed by atoms with Crippen molar-refractivity contribution >= 4 is 11.9 Å². The fourth-order valence-corrected chi connectivity index (χ4v) is 5.11. The van der Waals surface area contributed by atoms with Crippen molar-refractivity contribution in [2.24, 2.45) is 11.3 Å². The molecule has 2 aromatic carbocycles. The van der Waals surface area contributed by atoms with Crippen molar-refractivity contribution in [3.63, 3.8) is 0 Å². The van der Waals surface area contributed by atoms with Gasteiger partial charge < -0.3 is 14.4 Å². The maximum atomic E-state index is 12.7. The van der Waals surface area contributed by atoms with Crippen LogP contribution in [0, 0.1) is 11.3 Å². The van der Waals surface area contributed by atoms with Crippen LogP contribution in [0.3, 0.4) is 0 Å². The zero-order chi connectivity index (χ0) is 26.4. The quantitative estimate of drug-likeness (QED) is 0.278. The molecule has 0 bridgehead atoms. The van der Waals surface area contributed by atoms with Crippen molar-refractivity contribution in [2.45, 2.75) is 38.8 Å². The normalized spacial score (nSPS) is 21.2. The molecule has 1 saturated carbocycles. The molecule has 0 radical (unpaired) electrons. The Hall–Kier alpha value is -3.85. The van der Waals surface area contributed by atoms with Crippen LogP contribution in [0.1, 0.15) is 47.4 Å². The molecular formula is C29H33N5O4. The van der Waals surface area contributed by atoms with Crippen LogP contribution >= 0.6 is 0 Å². The molecule has 1 aliphatic carbocycles. The maximum absolute atomic E-state index is 12.7. The van der Waals surface area contributed by atoms with Gasteiger partial charge in [0.25, 0.3) is 0 Å². The third kappa shape index (κ3) is 6.16. The second kappa shape index (κ2) is 11.7. The summed E-state index contributed by atoms with van der Waals surface area (Å²) < 4.78 is 13.1. The highest BCUT2D eigenvalue weighted by atomic mass is 16.6. The van der Waals surface area contributed by atoms with Gasteiger partial charge in [-0.1, -0.05) is 73.7 Å². The average molecular weight is 516 g/mol. The lowest BCUT2D eigenvalue weighted by atomic mass is 10.0. The van der Waals surface area contributed by atoms with E-state index >= 15 is 0 Å². The summed E-state index contributed by atoms with van der Waals surface area (Å²) in [6.45, 7) is 4.92. The lowest BCUT2D eigenvalue weighted by molar-refractivity contribution is 0.0996. The van der Waals surface area contributed by atoms with Gasteiger partial charge in [0.05, 0.1) is 19.8 Å². The summed E-state index contributed by atoms with van der Waals surface area (Å²) >= 11 is 0. The molecule has 2 unspecified atom stereocenters. The summed E-state index contributed by atoms with van der Waals surface area (Å²) in [6.07, 6.45) is 5.29. The molecule has 38 heavy (non-hydrogen) atoms. The van der Waals surface area contributed by atoms with E-state index in [-0.39, 0.29) is 29.8 Å². The number of likely N-dealkylation sites (tertiary alicyclic amines) is 1. The molecule has 1 aromatic heterocycles. The van der Waals surface area contributed by atoms with Gasteiger partial charge in [-0.2, -0.15) is 0 Å². The zero-order valence-electron chi connectivity index (χ0n) is 21.6. The van der Waals surface area contributed by atoms with E-state index < -0.39 is 0 Å². The molecule has 1 spiro atoms. The Morgan fingerprint density at radius 1 is 1.13 bits per heavy atom. The standard InChI is InChI=1S/C29H33N5O4/c1-22(19-37-20-23-8-4-2-5-9-23)27-30-31-32-34(27)16-17-38-28(36)33-15-14-29(21-33)18-25(29)12-13-26(35)24-10-6-3-7-11-24/h2-13,22,25H,14-21H2,1H3/b13-12+/t22-,25?,29?/m1/s1. The molecule has 2 heterocycles. The van der Waals surface area contributed by atoms with E-state index in [2.05, 4.69) is 15.5 Å². The Kier molecular flexibility index (Phi) is 7.93. The molecule has 3 aromatic rings. The van der Waals surface area contributed by atoms with Crippen molar-refractivity contribution in [2.75, 3.05) is 26.3 Å². The van der Waals surface area contributed by atoms with Crippen molar-refractivity contribution < 1.29 is 19.1 Å². The van der Waals surface area contributed by atoms with Crippen LogP contribution in [0.2, 0.25) is 0 Å².